The van der Waals surface area contributed by atoms with Gasteiger partial charge in [0, 0.05) is 49.2 Å². The number of benzene rings is 1. The summed E-state index contributed by atoms with van der Waals surface area (Å²) in [4.78, 5) is 50.5. The highest BCUT2D eigenvalue weighted by atomic mass is 16.6. The van der Waals surface area contributed by atoms with Crippen molar-refractivity contribution in [2.24, 2.45) is 0 Å². The number of hydrogen-bond donors (Lipinski definition) is 0. The molecule has 0 bridgehead atoms. The van der Waals surface area contributed by atoms with Crippen LogP contribution in [0.25, 0.3) is 0 Å². The highest BCUT2D eigenvalue weighted by Gasteiger charge is 2.38. The van der Waals surface area contributed by atoms with Crippen molar-refractivity contribution in [3.63, 3.8) is 0 Å². The monoisotopic (exact) mass is 595 g/mol. The predicted octanol–water partition coefficient (Wildman–Crippen LogP) is 5.57. The largest absolute Gasteiger partial charge is 0.487 e. The molecule has 3 aromatic heterocycles. The fraction of sp³-hybridized carbons (Fsp3) is 0.294. The molecule has 226 valence electrons. The van der Waals surface area contributed by atoms with E-state index in [4.69, 9.17) is 18.9 Å². The lowest BCUT2D eigenvalue weighted by molar-refractivity contribution is -0.0370. The fourth-order valence-electron chi connectivity index (χ4n) is 5.27. The summed E-state index contributed by atoms with van der Waals surface area (Å²) in [5.41, 5.74) is 3.59. The first kappa shape index (κ1) is 30.3. The van der Waals surface area contributed by atoms with Crippen LogP contribution in [0, 0.1) is 20.8 Å². The Morgan fingerprint density at radius 3 is 1.95 bits per heavy atom. The Kier molecular flexibility index (Phi) is 8.99. The third-order valence-electron chi connectivity index (χ3n) is 7.78. The van der Waals surface area contributed by atoms with Crippen LogP contribution in [0.1, 0.15) is 73.1 Å². The van der Waals surface area contributed by atoms with Crippen molar-refractivity contribution < 1.29 is 33.3 Å². The van der Waals surface area contributed by atoms with Crippen LogP contribution >= 0.6 is 0 Å². The van der Waals surface area contributed by atoms with Crippen molar-refractivity contribution in [1.82, 2.24) is 15.0 Å². The Balaban J connectivity index is 1.36. The molecule has 0 radical (unpaired) electrons. The van der Waals surface area contributed by atoms with Gasteiger partial charge in [-0.2, -0.15) is 0 Å². The minimum Gasteiger partial charge on any atom is -0.487 e. The van der Waals surface area contributed by atoms with E-state index >= 15 is 0 Å². The lowest BCUT2D eigenvalue weighted by atomic mass is 9.84. The van der Waals surface area contributed by atoms with Crippen LogP contribution in [0.2, 0.25) is 0 Å². The average Bonchev–Trinajstić information content (AvgIpc) is 3.05. The van der Waals surface area contributed by atoms with Crippen LogP contribution in [0.15, 0.2) is 73.6 Å². The van der Waals surface area contributed by atoms with Gasteiger partial charge in [-0.05, 0) is 93.6 Å². The van der Waals surface area contributed by atoms with Crippen molar-refractivity contribution in [2.75, 3.05) is 6.61 Å². The molecule has 2 atom stereocenters. The summed E-state index contributed by atoms with van der Waals surface area (Å²) in [6.45, 7) is 7.51. The highest BCUT2D eigenvalue weighted by molar-refractivity contribution is 5.91. The quantitative estimate of drug-likeness (QED) is 0.179. The molecule has 0 aliphatic carbocycles. The molecule has 4 aromatic rings. The molecule has 10 nitrogen and oxygen atoms in total. The molecule has 44 heavy (non-hydrogen) atoms. The molecule has 0 saturated carbocycles. The summed E-state index contributed by atoms with van der Waals surface area (Å²) >= 11 is 0. The second-order valence-electron chi connectivity index (χ2n) is 11.0. The zero-order chi connectivity index (χ0) is 31.3. The smallest absolute Gasteiger partial charge is 0.345 e. The summed E-state index contributed by atoms with van der Waals surface area (Å²) in [7, 11) is 0. The van der Waals surface area contributed by atoms with Gasteiger partial charge < -0.3 is 18.9 Å². The maximum atomic E-state index is 13.0. The molecule has 1 aliphatic heterocycles. The van der Waals surface area contributed by atoms with Gasteiger partial charge in [0.15, 0.2) is 0 Å². The first-order valence-corrected chi connectivity index (χ1v) is 14.3. The second kappa shape index (κ2) is 13.0. The Morgan fingerprint density at radius 2 is 1.39 bits per heavy atom. The van der Waals surface area contributed by atoms with Gasteiger partial charge in [0.2, 0.25) is 0 Å². The van der Waals surface area contributed by atoms with E-state index in [9.17, 15) is 14.4 Å². The number of rotatable bonds is 9. The molecule has 4 heterocycles. The van der Waals surface area contributed by atoms with Crippen molar-refractivity contribution in [3.8, 4) is 11.5 Å². The molecular formula is C34H33N3O7. The number of aromatic nitrogens is 3. The van der Waals surface area contributed by atoms with E-state index in [1.165, 1.54) is 18.6 Å². The Hall–Kier alpha value is -5.12. The zero-order valence-corrected chi connectivity index (χ0v) is 25.0. The number of esters is 3. The number of pyridine rings is 3. The van der Waals surface area contributed by atoms with Gasteiger partial charge in [-0.1, -0.05) is 0 Å². The summed E-state index contributed by atoms with van der Waals surface area (Å²) in [6, 6.07) is 9.84. The minimum absolute atomic E-state index is 0.175. The molecule has 1 aliphatic rings. The van der Waals surface area contributed by atoms with E-state index in [1.807, 2.05) is 27.7 Å². The van der Waals surface area contributed by atoms with Crippen LogP contribution in [-0.4, -0.2) is 51.2 Å². The van der Waals surface area contributed by atoms with Crippen LogP contribution in [0.4, 0.5) is 0 Å². The number of nitrogens with zero attached hydrogens (tertiary/aromatic N) is 3. The Labute approximate surface area is 255 Å². The lowest BCUT2D eigenvalue weighted by Crippen LogP contribution is -2.43. The van der Waals surface area contributed by atoms with E-state index in [1.54, 1.807) is 55.0 Å². The standard InChI is InChI=1S/C34H33N3O7/c1-21-22(2)30-28(23(3)29(21)43-33(40)26-10-7-15-37-19-26)11-12-34(4,44-30)16-27(42-32(39)25-9-6-14-36-18-25)20-41-31(38)24-8-5-13-35-17-24/h5-10,13-15,17-19,27H,11-12,16,20H2,1-4H3. The number of ether oxygens (including phenoxy) is 4. The highest BCUT2D eigenvalue weighted by Crippen LogP contribution is 2.45. The van der Waals surface area contributed by atoms with Crippen molar-refractivity contribution in [1.29, 1.82) is 0 Å². The molecule has 0 spiro atoms. The summed E-state index contributed by atoms with van der Waals surface area (Å²) in [5, 5.41) is 0. The van der Waals surface area contributed by atoms with E-state index in [0.29, 0.717) is 35.5 Å². The normalized spacial score (nSPS) is 16.2. The lowest BCUT2D eigenvalue weighted by Gasteiger charge is -2.39. The maximum Gasteiger partial charge on any atom is 0.345 e. The third-order valence-corrected chi connectivity index (χ3v) is 7.78. The molecule has 1 aromatic carbocycles. The van der Waals surface area contributed by atoms with Crippen LogP contribution in [0.5, 0.6) is 11.5 Å². The molecule has 0 fully saturated rings. The van der Waals surface area contributed by atoms with Crippen LogP contribution in [-0.2, 0) is 15.9 Å². The average molecular weight is 596 g/mol. The van der Waals surface area contributed by atoms with Gasteiger partial charge in [-0.3, -0.25) is 15.0 Å². The van der Waals surface area contributed by atoms with Gasteiger partial charge in [0.1, 0.15) is 29.8 Å². The van der Waals surface area contributed by atoms with Crippen molar-refractivity contribution in [2.45, 2.75) is 58.7 Å². The zero-order valence-electron chi connectivity index (χ0n) is 25.0. The third kappa shape index (κ3) is 6.75. The maximum absolute atomic E-state index is 13.0. The number of hydrogen-bond acceptors (Lipinski definition) is 10. The van der Waals surface area contributed by atoms with Gasteiger partial charge in [0.05, 0.1) is 16.7 Å². The number of fused-ring (bicyclic) bond motifs is 1. The summed E-state index contributed by atoms with van der Waals surface area (Å²) in [6.07, 6.45) is 9.69. The van der Waals surface area contributed by atoms with Gasteiger partial charge in [0.25, 0.3) is 0 Å². The van der Waals surface area contributed by atoms with E-state index < -0.39 is 29.6 Å². The van der Waals surface area contributed by atoms with E-state index in [-0.39, 0.29) is 18.6 Å². The molecular weight excluding hydrogens is 562 g/mol. The van der Waals surface area contributed by atoms with E-state index in [2.05, 4.69) is 15.0 Å². The predicted molar refractivity (Wildman–Crippen MR) is 160 cm³/mol. The first-order chi connectivity index (χ1) is 21.1. The fourth-order valence-corrected chi connectivity index (χ4v) is 5.27. The number of carbonyl (C=O) groups is 3. The molecule has 0 amide bonds. The number of carbonyl (C=O) groups excluding carboxylic acids is 3. The minimum atomic E-state index is -0.808. The first-order valence-electron chi connectivity index (χ1n) is 14.3. The van der Waals surface area contributed by atoms with E-state index in [0.717, 1.165) is 22.3 Å². The molecule has 10 heteroatoms. The van der Waals surface area contributed by atoms with Crippen molar-refractivity contribution in [3.05, 3.63) is 113 Å². The van der Waals surface area contributed by atoms with Gasteiger partial charge >= 0.3 is 17.9 Å². The summed E-state index contributed by atoms with van der Waals surface area (Å²) in [5.74, 6) is -0.420. The Morgan fingerprint density at radius 1 is 0.818 bits per heavy atom. The van der Waals surface area contributed by atoms with Crippen LogP contribution in [0.3, 0.4) is 0 Å². The van der Waals surface area contributed by atoms with Gasteiger partial charge in [-0.15, -0.1) is 0 Å². The molecule has 0 N–H and O–H groups in total. The SMILES string of the molecule is Cc1c(C)c2c(c(C)c1OC(=O)c1cccnc1)CCC(C)(CC(COC(=O)c1cccnc1)OC(=O)c1cccnc1)O2. The topological polar surface area (TPSA) is 127 Å². The molecule has 5 rings (SSSR count). The Bertz CT molecular complexity index is 1660. The van der Waals surface area contributed by atoms with Gasteiger partial charge in [-0.25, -0.2) is 14.4 Å². The molecule has 0 saturated heterocycles. The van der Waals surface area contributed by atoms with Crippen molar-refractivity contribution >= 4 is 17.9 Å². The molecule has 2 unspecified atom stereocenters. The van der Waals surface area contributed by atoms with Crippen LogP contribution < -0.4 is 9.47 Å². The second-order valence-corrected chi connectivity index (χ2v) is 11.0. The summed E-state index contributed by atoms with van der Waals surface area (Å²) < 4.78 is 23.9.